The Labute approximate surface area is 147 Å². The highest BCUT2D eigenvalue weighted by Gasteiger charge is 2.11. The lowest BCUT2D eigenvalue weighted by Crippen LogP contribution is -2.30. The molecule has 25 heavy (non-hydrogen) atoms. The molecule has 9 heteroatoms. The maximum atomic E-state index is 13.5. The van der Waals surface area contributed by atoms with Gasteiger partial charge in [0, 0.05) is 24.7 Å². The Balaban J connectivity index is 0.00000182. The number of hydrogen-bond donors (Lipinski definition) is 2. The average molecular weight is 359 g/mol. The second kappa shape index (κ2) is 6.70. The summed E-state index contributed by atoms with van der Waals surface area (Å²) in [6.45, 7) is 0. The number of nitrogens with zero attached hydrogens (tertiary/aromatic N) is 4. The van der Waals surface area contributed by atoms with Crippen molar-refractivity contribution in [3.05, 3.63) is 66.6 Å². The Morgan fingerprint density at radius 1 is 1.16 bits per heavy atom. The fraction of sp³-hybridized carbons (Fsp3) is 0. The van der Waals surface area contributed by atoms with Gasteiger partial charge in [0.1, 0.15) is 11.5 Å². The minimum absolute atomic E-state index is 0. The van der Waals surface area contributed by atoms with Gasteiger partial charge in [-0.25, -0.2) is 14.4 Å². The number of aromatic nitrogens is 4. The number of benzene rings is 1. The molecule has 4 aromatic rings. The van der Waals surface area contributed by atoms with E-state index < -0.39 is 5.91 Å². The lowest BCUT2D eigenvalue weighted by molar-refractivity contribution is 0.0957. The minimum Gasteiger partial charge on any atom is -0.312 e. The number of carbonyl (C=O) groups is 1. The molecule has 7 nitrogen and oxygen atoms in total. The van der Waals surface area contributed by atoms with E-state index in [0.717, 1.165) is 11.0 Å². The monoisotopic (exact) mass is 358 g/mol. The minimum atomic E-state index is -0.450. The molecule has 0 aliphatic heterocycles. The Morgan fingerprint density at radius 2 is 2.04 bits per heavy atom. The van der Waals surface area contributed by atoms with Crippen LogP contribution in [0.3, 0.4) is 0 Å². The first kappa shape index (κ1) is 16.6. The highest BCUT2D eigenvalue weighted by atomic mass is 35.5. The molecule has 1 amide bonds. The van der Waals surface area contributed by atoms with Gasteiger partial charge in [0.15, 0.2) is 5.82 Å². The molecule has 3 heterocycles. The van der Waals surface area contributed by atoms with Crippen molar-refractivity contribution in [2.75, 3.05) is 5.43 Å². The van der Waals surface area contributed by atoms with Crippen molar-refractivity contribution in [1.82, 2.24) is 24.8 Å². The molecule has 0 fully saturated rings. The molecule has 126 valence electrons. The standard InChI is InChI=1S/C16H11FN6O.ClH/c17-10-3-4-13-11(8-10)20-15(14-2-1-7-23(13)14)21-22-16(24)12-9-18-5-6-19-12;/h1-9H,(H,20,21)(H,22,24);1H. The Hall–Kier alpha value is -3.26. The zero-order chi connectivity index (χ0) is 16.5. The molecule has 4 rings (SSSR count). The van der Waals surface area contributed by atoms with Crippen molar-refractivity contribution in [3.8, 4) is 0 Å². The maximum absolute atomic E-state index is 13.5. The van der Waals surface area contributed by atoms with Crippen molar-refractivity contribution in [1.29, 1.82) is 0 Å². The van der Waals surface area contributed by atoms with Crippen LogP contribution in [0.15, 0.2) is 55.1 Å². The Morgan fingerprint density at radius 3 is 2.84 bits per heavy atom. The molecule has 0 radical (unpaired) electrons. The predicted octanol–water partition coefficient (Wildman–Crippen LogP) is 2.60. The molecule has 2 N–H and O–H groups in total. The lowest BCUT2D eigenvalue weighted by atomic mass is 10.3. The number of carbonyl (C=O) groups excluding carboxylic acids is 1. The summed E-state index contributed by atoms with van der Waals surface area (Å²) in [6, 6.07) is 8.06. The van der Waals surface area contributed by atoms with Gasteiger partial charge in [-0.3, -0.25) is 20.6 Å². The number of hydrazine groups is 1. The molecule has 1 aromatic carbocycles. The first-order chi connectivity index (χ1) is 11.7. The van der Waals surface area contributed by atoms with E-state index in [0.29, 0.717) is 11.3 Å². The molecule has 0 aliphatic rings. The summed E-state index contributed by atoms with van der Waals surface area (Å²) in [5.74, 6) is -0.430. The van der Waals surface area contributed by atoms with E-state index in [9.17, 15) is 9.18 Å². The van der Waals surface area contributed by atoms with Crippen LogP contribution in [0.2, 0.25) is 0 Å². The molecule has 3 aromatic heterocycles. The fourth-order valence-electron chi connectivity index (χ4n) is 2.44. The van der Waals surface area contributed by atoms with Crippen LogP contribution in [0.5, 0.6) is 0 Å². The van der Waals surface area contributed by atoms with Crippen LogP contribution in [-0.2, 0) is 0 Å². The maximum Gasteiger partial charge on any atom is 0.289 e. The van der Waals surface area contributed by atoms with E-state index >= 15 is 0 Å². The summed E-state index contributed by atoms with van der Waals surface area (Å²) < 4.78 is 15.3. The highest BCUT2D eigenvalue weighted by molar-refractivity contribution is 5.93. The van der Waals surface area contributed by atoms with Gasteiger partial charge in [-0.2, -0.15) is 0 Å². The van der Waals surface area contributed by atoms with Crippen molar-refractivity contribution >= 4 is 40.7 Å². The van der Waals surface area contributed by atoms with Gasteiger partial charge >= 0.3 is 0 Å². The number of fused-ring (bicyclic) bond motifs is 3. The molecule has 0 aliphatic carbocycles. The summed E-state index contributed by atoms with van der Waals surface area (Å²) >= 11 is 0. The number of anilines is 1. The quantitative estimate of drug-likeness (QED) is 0.550. The van der Waals surface area contributed by atoms with E-state index in [1.807, 2.05) is 22.7 Å². The summed E-state index contributed by atoms with van der Waals surface area (Å²) in [5.41, 5.74) is 7.42. The van der Waals surface area contributed by atoms with Crippen LogP contribution in [-0.4, -0.2) is 25.3 Å². The first-order valence-corrected chi connectivity index (χ1v) is 7.11. The zero-order valence-electron chi connectivity index (χ0n) is 12.7. The van der Waals surface area contributed by atoms with E-state index in [-0.39, 0.29) is 23.9 Å². The molecular formula is C16H12ClFN6O. The van der Waals surface area contributed by atoms with Gasteiger partial charge in [0.2, 0.25) is 0 Å². The van der Waals surface area contributed by atoms with Crippen LogP contribution in [0.4, 0.5) is 10.2 Å². The number of amides is 1. The highest BCUT2D eigenvalue weighted by Crippen LogP contribution is 2.22. The van der Waals surface area contributed by atoms with Gasteiger partial charge in [0.05, 0.1) is 22.7 Å². The second-order valence-electron chi connectivity index (χ2n) is 5.03. The Bertz CT molecular complexity index is 1050. The summed E-state index contributed by atoms with van der Waals surface area (Å²) in [5, 5.41) is 0. The normalized spacial score (nSPS) is 10.4. The van der Waals surface area contributed by atoms with Gasteiger partial charge in [0.25, 0.3) is 5.91 Å². The third-order valence-corrected chi connectivity index (χ3v) is 3.51. The molecule has 0 saturated heterocycles. The SMILES string of the molecule is Cl.O=C(NNc1nc2cc(F)ccc2n2cccc12)c1cnccn1. The number of rotatable bonds is 3. The van der Waals surface area contributed by atoms with Crippen LogP contribution in [0.25, 0.3) is 16.6 Å². The van der Waals surface area contributed by atoms with E-state index in [2.05, 4.69) is 25.8 Å². The van der Waals surface area contributed by atoms with Gasteiger partial charge in [-0.15, -0.1) is 12.4 Å². The molecule has 0 spiro atoms. The third-order valence-electron chi connectivity index (χ3n) is 3.51. The van der Waals surface area contributed by atoms with E-state index in [1.54, 1.807) is 6.07 Å². The molecule has 0 unspecified atom stereocenters. The van der Waals surface area contributed by atoms with Crippen molar-refractivity contribution in [3.63, 3.8) is 0 Å². The van der Waals surface area contributed by atoms with Gasteiger partial charge in [-0.1, -0.05) is 0 Å². The van der Waals surface area contributed by atoms with Crippen molar-refractivity contribution in [2.24, 2.45) is 0 Å². The number of hydrogen-bond acceptors (Lipinski definition) is 5. The summed E-state index contributed by atoms with van der Waals surface area (Å²) in [7, 11) is 0. The summed E-state index contributed by atoms with van der Waals surface area (Å²) in [4.78, 5) is 24.2. The molecule has 0 bridgehead atoms. The fourth-order valence-corrected chi connectivity index (χ4v) is 2.44. The van der Waals surface area contributed by atoms with Crippen LogP contribution >= 0.6 is 12.4 Å². The first-order valence-electron chi connectivity index (χ1n) is 7.11. The molecule has 0 atom stereocenters. The predicted molar refractivity (Wildman–Crippen MR) is 93.0 cm³/mol. The number of nitrogens with one attached hydrogen (secondary N) is 2. The topological polar surface area (TPSA) is 84.2 Å². The van der Waals surface area contributed by atoms with Crippen LogP contribution in [0, 0.1) is 5.82 Å². The van der Waals surface area contributed by atoms with Crippen molar-refractivity contribution in [2.45, 2.75) is 0 Å². The molecular weight excluding hydrogens is 347 g/mol. The van der Waals surface area contributed by atoms with Crippen molar-refractivity contribution < 1.29 is 9.18 Å². The smallest absolute Gasteiger partial charge is 0.289 e. The van der Waals surface area contributed by atoms with E-state index in [1.165, 1.54) is 30.7 Å². The van der Waals surface area contributed by atoms with Gasteiger partial charge in [-0.05, 0) is 24.3 Å². The number of halogens is 2. The van der Waals surface area contributed by atoms with E-state index in [4.69, 9.17) is 0 Å². The van der Waals surface area contributed by atoms with Crippen LogP contribution < -0.4 is 10.9 Å². The summed E-state index contributed by atoms with van der Waals surface area (Å²) in [6.07, 6.45) is 6.10. The second-order valence-corrected chi connectivity index (χ2v) is 5.03. The largest absolute Gasteiger partial charge is 0.312 e. The third kappa shape index (κ3) is 3.07. The average Bonchev–Trinajstić information content (AvgIpc) is 3.10. The lowest BCUT2D eigenvalue weighted by Gasteiger charge is -2.11. The molecule has 0 saturated carbocycles. The Kier molecular flexibility index (Phi) is 4.44. The van der Waals surface area contributed by atoms with Gasteiger partial charge < -0.3 is 4.40 Å². The zero-order valence-corrected chi connectivity index (χ0v) is 13.5. The van der Waals surface area contributed by atoms with Crippen LogP contribution in [0.1, 0.15) is 10.5 Å².